The number of anilines is 1. The molecule has 1 aliphatic heterocycles. The predicted octanol–water partition coefficient (Wildman–Crippen LogP) is 2.80. The zero-order valence-corrected chi connectivity index (χ0v) is 12.2. The van der Waals surface area contributed by atoms with Crippen molar-refractivity contribution >= 4 is 28.4 Å². The van der Waals surface area contributed by atoms with Gasteiger partial charge >= 0.3 is 0 Å². The molecule has 17 heavy (non-hydrogen) atoms. The quantitative estimate of drug-likeness (QED) is 0.851. The van der Waals surface area contributed by atoms with Gasteiger partial charge in [-0.15, -0.1) is 0 Å². The standard InChI is InChI=1S/C12H18IN3O/c1-2-5-14-12-10(13)7-15-11(16-12)9-4-3-6-17-8-9/h7,9H,2-6,8H2,1H3,(H,14,15,16). The lowest BCUT2D eigenvalue weighted by molar-refractivity contribution is 0.0781. The summed E-state index contributed by atoms with van der Waals surface area (Å²) in [6, 6.07) is 0. The number of ether oxygens (including phenoxy) is 1. The number of hydrogen-bond acceptors (Lipinski definition) is 4. The Morgan fingerprint density at radius 3 is 3.18 bits per heavy atom. The molecule has 4 nitrogen and oxygen atoms in total. The first-order valence-corrected chi connectivity index (χ1v) is 7.23. The molecule has 2 rings (SSSR count). The summed E-state index contributed by atoms with van der Waals surface area (Å²) in [6.07, 6.45) is 5.24. The average Bonchev–Trinajstić information content (AvgIpc) is 2.39. The summed E-state index contributed by atoms with van der Waals surface area (Å²) in [6.45, 7) is 4.74. The molecule has 0 radical (unpaired) electrons. The van der Waals surface area contributed by atoms with Crippen LogP contribution >= 0.6 is 22.6 Å². The summed E-state index contributed by atoms with van der Waals surface area (Å²) >= 11 is 2.27. The normalized spacial score (nSPS) is 20.2. The molecule has 1 N–H and O–H groups in total. The molecule has 0 bridgehead atoms. The van der Waals surface area contributed by atoms with Crippen molar-refractivity contribution in [3.8, 4) is 0 Å². The second-order valence-corrected chi connectivity index (χ2v) is 5.43. The van der Waals surface area contributed by atoms with Crippen LogP contribution in [-0.4, -0.2) is 29.7 Å². The fourth-order valence-electron chi connectivity index (χ4n) is 1.89. The summed E-state index contributed by atoms with van der Waals surface area (Å²) in [7, 11) is 0. The number of rotatable bonds is 4. The summed E-state index contributed by atoms with van der Waals surface area (Å²) in [4.78, 5) is 9.06. The molecule has 1 unspecified atom stereocenters. The Kier molecular flexibility index (Phi) is 4.97. The Labute approximate surface area is 116 Å². The van der Waals surface area contributed by atoms with Crippen LogP contribution in [0.2, 0.25) is 0 Å². The fourth-order valence-corrected chi connectivity index (χ4v) is 2.34. The van der Waals surface area contributed by atoms with Crippen LogP contribution in [0.5, 0.6) is 0 Å². The Bertz CT molecular complexity index is 367. The van der Waals surface area contributed by atoms with Crippen molar-refractivity contribution in [2.75, 3.05) is 25.1 Å². The summed E-state index contributed by atoms with van der Waals surface area (Å²) in [5.41, 5.74) is 0. The minimum Gasteiger partial charge on any atom is -0.381 e. The van der Waals surface area contributed by atoms with E-state index < -0.39 is 0 Å². The van der Waals surface area contributed by atoms with Crippen molar-refractivity contribution in [1.29, 1.82) is 0 Å². The maximum atomic E-state index is 5.49. The Hall–Kier alpha value is -0.430. The van der Waals surface area contributed by atoms with E-state index in [2.05, 4.69) is 44.8 Å². The van der Waals surface area contributed by atoms with Crippen molar-refractivity contribution in [1.82, 2.24) is 9.97 Å². The van der Waals surface area contributed by atoms with Gasteiger partial charge in [0.2, 0.25) is 0 Å². The van der Waals surface area contributed by atoms with E-state index in [1.807, 2.05) is 6.20 Å². The third-order valence-electron chi connectivity index (χ3n) is 2.83. The Balaban J connectivity index is 2.11. The second-order valence-electron chi connectivity index (χ2n) is 4.27. The number of halogens is 1. The molecule has 0 aromatic carbocycles. The Morgan fingerprint density at radius 2 is 2.47 bits per heavy atom. The lowest BCUT2D eigenvalue weighted by atomic mass is 10.0. The van der Waals surface area contributed by atoms with E-state index in [0.717, 1.165) is 54.2 Å². The van der Waals surface area contributed by atoms with Crippen LogP contribution in [0.3, 0.4) is 0 Å². The topological polar surface area (TPSA) is 47.0 Å². The molecule has 2 heterocycles. The van der Waals surface area contributed by atoms with E-state index in [4.69, 9.17) is 4.74 Å². The van der Waals surface area contributed by atoms with E-state index in [9.17, 15) is 0 Å². The van der Waals surface area contributed by atoms with Crippen molar-refractivity contribution < 1.29 is 4.74 Å². The molecule has 0 amide bonds. The van der Waals surface area contributed by atoms with Gasteiger partial charge < -0.3 is 10.1 Å². The van der Waals surface area contributed by atoms with E-state index in [1.165, 1.54) is 0 Å². The molecular weight excluding hydrogens is 329 g/mol. The highest BCUT2D eigenvalue weighted by Gasteiger charge is 2.19. The summed E-state index contributed by atoms with van der Waals surface area (Å²) in [5.74, 6) is 2.25. The fraction of sp³-hybridized carbons (Fsp3) is 0.667. The summed E-state index contributed by atoms with van der Waals surface area (Å²) < 4.78 is 6.57. The van der Waals surface area contributed by atoms with Gasteiger partial charge in [-0.05, 0) is 41.9 Å². The van der Waals surface area contributed by atoms with Crippen LogP contribution in [0, 0.1) is 3.57 Å². The molecule has 1 fully saturated rings. The second kappa shape index (κ2) is 6.49. The van der Waals surface area contributed by atoms with Gasteiger partial charge in [0.05, 0.1) is 10.2 Å². The van der Waals surface area contributed by atoms with Crippen LogP contribution in [0.25, 0.3) is 0 Å². The minimum atomic E-state index is 0.364. The van der Waals surface area contributed by atoms with Crippen molar-refractivity contribution in [2.45, 2.75) is 32.1 Å². The lowest BCUT2D eigenvalue weighted by Gasteiger charge is -2.21. The van der Waals surface area contributed by atoms with Gasteiger partial charge in [-0.1, -0.05) is 6.92 Å². The first-order chi connectivity index (χ1) is 8.31. The first kappa shape index (κ1) is 13.0. The number of aromatic nitrogens is 2. The summed E-state index contributed by atoms with van der Waals surface area (Å²) in [5, 5.41) is 3.34. The SMILES string of the molecule is CCCNc1nc(C2CCCOC2)ncc1I. The van der Waals surface area contributed by atoms with E-state index in [-0.39, 0.29) is 0 Å². The molecule has 94 valence electrons. The van der Waals surface area contributed by atoms with Gasteiger partial charge in [-0.25, -0.2) is 9.97 Å². The third-order valence-corrected chi connectivity index (χ3v) is 3.62. The smallest absolute Gasteiger partial charge is 0.143 e. The van der Waals surface area contributed by atoms with Crippen molar-refractivity contribution in [2.24, 2.45) is 0 Å². The van der Waals surface area contributed by atoms with E-state index in [1.54, 1.807) is 0 Å². The van der Waals surface area contributed by atoms with Crippen molar-refractivity contribution in [3.63, 3.8) is 0 Å². The molecule has 5 heteroatoms. The van der Waals surface area contributed by atoms with Crippen LogP contribution < -0.4 is 5.32 Å². The molecule has 1 aliphatic rings. The van der Waals surface area contributed by atoms with Gasteiger partial charge in [-0.3, -0.25) is 0 Å². The zero-order valence-electron chi connectivity index (χ0n) is 10.1. The number of nitrogens with one attached hydrogen (secondary N) is 1. The van der Waals surface area contributed by atoms with Gasteiger partial charge in [0.15, 0.2) is 0 Å². The van der Waals surface area contributed by atoms with Crippen LogP contribution in [0.15, 0.2) is 6.20 Å². The van der Waals surface area contributed by atoms with Crippen LogP contribution in [-0.2, 0) is 4.74 Å². The molecule has 1 aromatic heterocycles. The molecule has 1 atom stereocenters. The predicted molar refractivity (Wildman–Crippen MR) is 76.3 cm³/mol. The highest BCUT2D eigenvalue weighted by molar-refractivity contribution is 14.1. The molecule has 1 aromatic rings. The molecular formula is C12H18IN3O. The van der Waals surface area contributed by atoms with Gasteiger partial charge in [-0.2, -0.15) is 0 Å². The zero-order chi connectivity index (χ0) is 12.1. The van der Waals surface area contributed by atoms with Gasteiger partial charge in [0, 0.05) is 25.3 Å². The largest absolute Gasteiger partial charge is 0.381 e. The molecule has 0 aliphatic carbocycles. The molecule has 0 saturated carbocycles. The highest BCUT2D eigenvalue weighted by Crippen LogP contribution is 2.24. The minimum absolute atomic E-state index is 0.364. The third kappa shape index (κ3) is 3.51. The van der Waals surface area contributed by atoms with Crippen LogP contribution in [0.1, 0.15) is 37.9 Å². The number of hydrogen-bond donors (Lipinski definition) is 1. The average molecular weight is 347 g/mol. The number of nitrogens with zero attached hydrogens (tertiary/aromatic N) is 2. The highest BCUT2D eigenvalue weighted by atomic mass is 127. The Morgan fingerprint density at radius 1 is 1.59 bits per heavy atom. The van der Waals surface area contributed by atoms with Crippen LogP contribution in [0.4, 0.5) is 5.82 Å². The van der Waals surface area contributed by atoms with Crippen molar-refractivity contribution in [3.05, 3.63) is 15.6 Å². The molecule has 0 spiro atoms. The molecule has 1 saturated heterocycles. The van der Waals surface area contributed by atoms with E-state index in [0.29, 0.717) is 5.92 Å². The first-order valence-electron chi connectivity index (χ1n) is 6.15. The van der Waals surface area contributed by atoms with Gasteiger partial charge in [0.1, 0.15) is 11.6 Å². The maximum Gasteiger partial charge on any atom is 0.143 e. The maximum absolute atomic E-state index is 5.49. The van der Waals surface area contributed by atoms with E-state index >= 15 is 0 Å². The van der Waals surface area contributed by atoms with Gasteiger partial charge in [0.25, 0.3) is 0 Å². The monoisotopic (exact) mass is 347 g/mol. The lowest BCUT2D eigenvalue weighted by Crippen LogP contribution is -2.18.